The molecule has 0 saturated carbocycles. The molecule has 6 nitrogen and oxygen atoms in total. The van der Waals surface area contributed by atoms with Crippen LogP contribution in [0.5, 0.6) is 5.75 Å². The van der Waals surface area contributed by atoms with Crippen LogP contribution in [-0.4, -0.2) is 40.3 Å². The Balaban J connectivity index is 1.77. The first-order valence-electron chi connectivity index (χ1n) is 8.96. The van der Waals surface area contributed by atoms with Crippen molar-refractivity contribution in [1.29, 1.82) is 0 Å². The number of ether oxygens (including phenoxy) is 1. The molecule has 8 heteroatoms. The van der Waals surface area contributed by atoms with Gasteiger partial charge in [0.25, 0.3) is 0 Å². The van der Waals surface area contributed by atoms with Crippen molar-refractivity contribution >= 4 is 33.2 Å². The van der Waals surface area contributed by atoms with Crippen molar-refractivity contribution in [2.75, 3.05) is 30.3 Å². The second-order valence-electron chi connectivity index (χ2n) is 6.35. The van der Waals surface area contributed by atoms with E-state index in [4.69, 9.17) is 16.3 Å². The van der Waals surface area contributed by atoms with E-state index in [1.807, 2.05) is 31.2 Å². The second-order valence-corrected chi connectivity index (χ2v) is 8.67. The van der Waals surface area contributed by atoms with Crippen molar-refractivity contribution in [2.45, 2.75) is 19.8 Å². The Bertz CT molecular complexity index is 903. The number of benzene rings is 2. The molecular formula is C20H25ClN2O4S. The Hall–Kier alpha value is -2.25. The van der Waals surface area contributed by atoms with E-state index in [9.17, 15) is 13.2 Å². The number of nitrogens with zero attached hydrogens (tertiary/aromatic N) is 1. The molecule has 28 heavy (non-hydrogen) atoms. The summed E-state index contributed by atoms with van der Waals surface area (Å²) < 4.78 is 31.1. The second kappa shape index (κ2) is 10.3. The minimum Gasteiger partial charge on any atom is -0.490 e. The zero-order valence-electron chi connectivity index (χ0n) is 16.0. The number of aryl methyl sites for hydroxylation is 1. The van der Waals surface area contributed by atoms with Gasteiger partial charge in [0.15, 0.2) is 0 Å². The highest BCUT2D eigenvalue weighted by molar-refractivity contribution is 7.92. The fraction of sp³-hybridized carbons (Fsp3) is 0.350. The third-order valence-electron chi connectivity index (χ3n) is 4.07. The summed E-state index contributed by atoms with van der Waals surface area (Å²) in [6, 6.07) is 14.4. The number of para-hydroxylation sites is 2. The van der Waals surface area contributed by atoms with Crippen molar-refractivity contribution in [3.05, 3.63) is 59.1 Å². The monoisotopic (exact) mass is 424 g/mol. The van der Waals surface area contributed by atoms with Gasteiger partial charge in [-0.3, -0.25) is 9.10 Å². The molecule has 2 rings (SSSR count). The Morgan fingerprint density at radius 1 is 1.14 bits per heavy atom. The van der Waals surface area contributed by atoms with Gasteiger partial charge in [0.1, 0.15) is 12.4 Å². The van der Waals surface area contributed by atoms with Crippen molar-refractivity contribution in [3.63, 3.8) is 0 Å². The number of hydrogen-bond donors (Lipinski definition) is 1. The largest absolute Gasteiger partial charge is 0.490 e. The molecule has 0 fully saturated rings. The lowest BCUT2D eigenvalue weighted by atomic mass is 10.2. The predicted octanol–water partition coefficient (Wildman–Crippen LogP) is 3.39. The van der Waals surface area contributed by atoms with E-state index in [-0.39, 0.29) is 18.9 Å². The van der Waals surface area contributed by atoms with Crippen LogP contribution in [0.25, 0.3) is 0 Å². The zero-order chi connectivity index (χ0) is 20.6. The number of anilines is 1. The summed E-state index contributed by atoms with van der Waals surface area (Å²) in [7, 11) is -3.42. The van der Waals surface area contributed by atoms with Crippen LogP contribution in [0.1, 0.15) is 18.4 Å². The van der Waals surface area contributed by atoms with E-state index in [0.29, 0.717) is 36.0 Å². The minimum atomic E-state index is -3.42. The standard InChI is InChI=1S/C20H25ClN2O4S/c1-16-8-3-5-10-18(16)23(28(2,25)26)14-7-12-20(24)22-13-15-27-19-11-6-4-9-17(19)21/h3-6,8-11H,7,12-15H2,1-2H3,(H,22,24). The van der Waals surface area contributed by atoms with E-state index in [1.54, 1.807) is 24.3 Å². The van der Waals surface area contributed by atoms with E-state index in [1.165, 1.54) is 10.6 Å². The number of rotatable bonds is 10. The van der Waals surface area contributed by atoms with Gasteiger partial charge in [-0.05, 0) is 37.1 Å². The summed E-state index contributed by atoms with van der Waals surface area (Å²) in [6.45, 7) is 2.75. The number of carbonyl (C=O) groups excluding carboxylic acids is 1. The van der Waals surface area contributed by atoms with Crippen LogP contribution in [-0.2, 0) is 14.8 Å². The van der Waals surface area contributed by atoms with Crippen LogP contribution in [0, 0.1) is 6.92 Å². The Kier molecular flexibility index (Phi) is 8.14. The summed E-state index contributed by atoms with van der Waals surface area (Å²) >= 11 is 6.00. The van der Waals surface area contributed by atoms with Gasteiger partial charge in [-0.1, -0.05) is 41.9 Å². The third-order valence-corrected chi connectivity index (χ3v) is 5.56. The van der Waals surface area contributed by atoms with Crippen molar-refractivity contribution in [3.8, 4) is 5.75 Å². The molecule has 0 aliphatic rings. The van der Waals surface area contributed by atoms with Crippen LogP contribution >= 0.6 is 11.6 Å². The van der Waals surface area contributed by atoms with Gasteiger partial charge in [-0.15, -0.1) is 0 Å². The summed E-state index contributed by atoms with van der Waals surface area (Å²) in [5.74, 6) is 0.418. The molecule has 0 spiro atoms. The van der Waals surface area contributed by atoms with E-state index in [0.717, 1.165) is 5.56 Å². The summed E-state index contributed by atoms with van der Waals surface area (Å²) in [4.78, 5) is 12.0. The summed E-state index contributed by atoms with van der Waals surface area (Å²) in [5, 5.41) is 3.28. The first-order valence-corrected chi connectivity index (χ1v) is 11.2. The molecular weight excluding hydrogens is 400 g/mol. The molecule has 0 aliphatic carbocycles. The van der Waals surface area contributed by atoms with Crippen LogP contribution in [0.4, 0.5) is 5.69 Å². The Morgan fingerprint density at radius 3 is 2.50 bits per heavy atom. The molecule has 0 unspecified atom stereocenters. The molecule has 1 amide bonds. The summed E-state index contributed by atoms with van der Waals surface area (Å²) in [6.07, 6.45) is 1.81. The molecule has 0 atom stereocenters. The Morgan fingerprint density at radius 2 is 1.82 bits per heavy atom. The lowest BCUT2D eigenvalue weighted by Crippen LogP contribution is -2.33. The quantitative estimate of drug-likeness (QED) is 0.593. The lowest BCUT2D eigenvalue weighted by molar-refractivity contribution is -0.121. The van der Waals surface area contributed by atoms with Gasteiger partial charge in [0.2, 0.25) is 15.9 Å². The average Bonchev–Trinajstić information content (AvgIpc) is 2.64. The zero-order valence-corrected chi connectivity index (χ0v) is 17.6. The van der Waals surface area contributed by atoms with Gasteiger partial charge in [-0.2, -0.15) is 0 Å². The van der Waals surface area contributed by atoms with Crippen LogP contribution in [0.15, 0.2) is 48.5 Å². The maximum atomic E-state index is 12.1. The lowest BCUT2D eigenvalue weighted by Gasteiger charge is -2.24. The highest BCUT2D eigenvalue weighted by Crippen LogP contribution is 2.23. The van der Waals surface area contributed by atoms with Crippen LogP contribution in [0.3, 0.4) is 0 Å². The number of sulfonamides is 1. The SMILES string of the molecule is Cc1ccccc1N(CCCC(=O)NCCOc1ccccc1Cl)S(C)(=O)=O. The van der Waals surface area contributed by atoms with E-state index < -0.39 is 10.0 Å². The minimum absolute atomic E-state index is 0.152. The highest BCUT2D eigenvalue weighted by Gasteiger charge is 2.18. The third kappa shape index (κ3) is 6.73. The van der Waals surface area contributed by atoms with Gasteiger partial charge < -0.3 is 10.1 Å². The average molecular weight is 425 g/mol. The van der Waals surface area contributed by atoms with Gasteiger partial charge in [-0.25, -0.2) is 8.42 Å². The van der Waals surface area contributed by atoms with Gasteiger partial charge in [0, 0.05) is 13.0 Å². The maximum absolute atomic E-state index is 12.1. The molecule has 0 bridgehead atoms. The van der Waals surface area contributed by atoms with Gasteiger partial charge >= 0.3 is 0 Å². The molecule has 0 aliphatic heterocycles. The molecule has 0 radical (unpaired) electrons. The smallest absolute Gasteiger partial charge is 0.232 e. The van der Waals surface area contributed by atoms with E-state index in [2.05, 4.69) is 5.32 Å². The molecule has 2 aromatic rings. The molecule has 152 valence electrons. The Labute approximate surface area is 171 Å². The fourth-order valence-electron chi connectivity index (χ4n) is 2.69. The number of halogens is 1. The number of nitrogens with one attached hydrogen (secondary N) is 1. The molecule has 2 aromatic carbocycles. The maximum Gasteiger partial charge on any atom is 0.232 e. The first-order chi connectivity index (χ1) is 13.3. The molecule has 0 saturated heterocycles. The topological polar surface area (TPSA) is 75.7 Å². The molecule has 1 N–H and O–H groups in total. The van der Waals surface area contributed by atoms with Crippen molar-refractivity contribution in [2.24, 2.45) is 0 Å². The predicted molar refractivity (Wildman–Crippen MR) is 113 cm³/mol. The van der Waals surface area contributed by atoms with Crippen LogP contribution in [0.2, 0.25) is 5.02 Å². The first kappa shape index (κ1) is 22.0. The number of carbonyl (C=O) groups is 1. The highest BCUT2D eigenvalue weighted by atomic mass is 35.5. The summed E-state index contributed by atoms with van der Waals surface area (Å²) in [5.41, 5.74) is 1.51. The molecule has 0 aromatic heterocycles. The van der Waals surface area contributed by atoms with Crippen molar-refractivity contribution in [1.82, 2.24) is 5.32 Å². The van der Waals surface area contributed by atoms with Crippen molar-refractivity contribution < 1.29 is 17.9 Å². The fourth-order valence-corrected chi connectivity index (χ4v) is 3.91. The molecule has 0 heterocycles. The van der Waals surface area contributed by atoms with Gasteiger partial charge in [0.05, 0.1) is 23.5 Å². The van der Waals surface area contributed by atoms with E-state index >= 15 is 0 Å². The number of hydrogen-bond acceptors (Lipinski definition) is 4. The normalized spacial score (nSPS) is 11.1. The number of amides is 1. The van der Waals surface area contributed by atoms with Crippen LogP contribution < -0.4 is 14.4 Å².